The van der Waals surface area contributed by atoms with E-state index >= 15 is 0 Å². The molecule has 1 aromatic rings. The van der Waals surface area contributed by atoms with Crippen LogP contribution in [0.15, 0.2) is 23.2 Å². The van der Waals surface area contributed by atoms with Crippen LogP contribution in [0, 0.1) is 6.92 Å². The molecule has 1 aromatic carbocycles. The standard InChI is InChI=1S/C19H30F2N4O2.HI/c1-14-5-6-16(27-17(20)21)15(11-14)12-23-18(22-4)24-13-19(2,3)25-7-9-26-10-8-25;/h5-6,11,17H,7-10,12-13H2,1-4H3,(H2,22,23,24);1H. The average molecular weight is 512 g/mol. The van der Waals surface area contributed by atoms with Gasteiger partial charge in [0.05, 0.1) is 13.2 Å². The lowest BCUT2D eigenvalue weighted by Crippen LogP contribution is -2.56. The van der Waals surface area contributed by atoms with E-state index in [1.54, 1.807) is 19.2 Å². The Labute approximate surface area is 183 Å². The molecule has 1 saturated heterocycles. The normalized spacial score (nSPS) is 15.9. The Morgan fingerprint density at radius 1 is 1.29 bits per heavy atom. The Kier molecular flexibility index (Phi) is 10.4. The van der Waals surface area contributed by atoms with Gasteiger partial charge >= 0.3 is 6.61 Å². The van der Waals surface area contributed by atoms with E-state index in [0.717, 1.165) is 31.9 Å². The van der Waals surface area contributed by atoms with Gasteiger partial charge in [0.1, 0.15) is 5.75 Å². The summed E-state index contributed by atoms with van der Waals surface area (Å²) >= 11 is 0. The van der Waals surface area contributed by atoms with Crippen molar-refractivity contribution in [2.24, 2.45) is 4.99 Å². The van der Waals surface area contributed by atoms with Crippen LogP contribution in [-0.4, -0.2) is 62.9 Å². The summed E-state index contributed by atoms with van der Waals surface area (Å²) in [5.74, 6) is 0.785. The zero-order valence-electron chi connectivity index (χ0n) is 16.9. The van der Waals surface area contributed by atoms with Gasteiger partial charge in [0.25, 0.3) is 0 Å². The van der Waals surface area contributed by atoms with Gasteiger partial charge < -0.3 is 20.1 Å². The first kappa shape index (κ1) is 24.8. The van der Waals surface area contributed by atoms with Crippen molar-refractivity contribution in [3.05, 3.63) is 29.3 Å². The second-order valence-corrected chi connectivity index (χ2v) is 7.18. The highest BCUT2D eigenvalue weighted by Gasteiger charge is 2.28. The van der Waals surface area contributed by atoms with Crippen LogP contribution in [0.25, 0.3) is 0 Å². The molecule has 0 atom stereocenters. The molecular weight excluding hydrogens is 481 g/mol. The third-order valence-corrected chi connectivity index (χ3v) is 4.66. The van der Waals surface area contributed by atoms with Gasteiger partial charge in [-0.3, -0.25) is 9.89 Å². The number of rotatable bonds is 7. The van der Waals surface area contributed by atoms with Gasteiger partial charge in [0, 0.05) is 44.3 Å². The van der Waals surface area contributed by atoms with E-state index in [2.05, 4.69) is 39.1 Å². The summed E-state index contributed by atoms with van der Waals surface area (Å²) in [6.45, 7) is 7.74. The summed E-state index contributed by atoms with van der Waals surface area (Å²) in [6.07, 6.45) is 0. The zero-order valence-corrected chi connectivity index (χ0v) is 19.3. The number of hydrogen-bond donors (Lipinski definition) is 2. The van der Waals surface area contributed by atoms with Crippen molar-refractivity contribution in [3.63, 3.8) is 0 Å². The van der Waals surface area contributed by atoms with Gasteiger partial charge in [0.15, 0.2) is 5.96 Å². The summed E-state index contributed by atoms with van der Waals surface area (Å²) in [7, 11) is 1.68. The fourth-order valence-corrected chi connectivity index (χ4v) is 3.04. The Morgan fingerprint density at radius 3 is 2.57 bits per heavy atom. The number of nitrogens with zero attached hydrogens (tertiary/aromatic N) is 2. The maximum Gasteiger partial charge on any atom is 0.387 e. The number of aryl methyl sites for hydroxylation is 1. The molecule has 1 fully saturated rings. The Balaban J connectivity index is 0.00000392. The topological polar surface area (TPSA) is 58.1 Å². The molecular formula is C19H31F2IN4O2. The van der Waals surface area contributed by atoms with E-state index in [4.69, 9.17) is 4.74 Å². The highest BCUT2D eigenvalue weighted by molar-refractivity contribution is 14.0. The lowest BCUT2D eigenvalue weighted by Gasteiger charge is -2.41. The minimum Gasteiger partial charge on any atom is -0.434 e. The fraction of sp³-hybridized carbons (Fsp3) is 0.632. The molecule has 0 aliphatic carbocycles. The van der Waals surface area contributed by atoms with E-state index in [1.165, 1.54) is 0 Å². The van der Waals surface area contributed by atoms with Crippen LogP contribution < -0.4 is 15.4 Å². The maximum absolute atomic E-state index is 12.6. The van der Waals surface area contributed by atoms with Gasteiger partial charge in [-0.05, 0) is 26.8 Å². The van der Waals surface area contributed by atoms with Crippen LogP contribution in [0.3, 0.4) is 0 Å². The van der Waals surface area contributed by atoms with Gasteiger partial charge in [-0.25, -0.2) is 0 Å². The molecule has 1 heterocycles. The number of hydrogen-bond acceptors (Lipinski definition) is 4. The molecule has 0 aromatic heterocycles. The second-order valence-electron chi connectivity index (χ2n) is 7.18. The highest BCUT2D eigenvalue weighted by Crippen LogP contribution is 2.22. The van der Waals surface area contributed by atoms with E-state index < -0.39 is 6.61 Å². The quantitative estimate of drug-likeness (QED) is 0.335. The number of morpholine rings is 1. The zero-order chi connectivity index (χ0) is 19.9. The first-order valence-corrected chi connectivity index (χ1v) is 9.13. The van der Waals surface area contributed by atoms with Crippen LogP contribution in [0.1, 0.15) is 25.0 Å². The minimum atomic E-state index is -2.85. The van der Waals surface area contributed by atoms with Crippen molar-refractivity contribution in [3.8, 4) is 5.75 Å². The van der Waals surface area contributed by atoms with Crippen molar-refractivity contribution in [1.29, 1.82) is 0 Å². The first-order chi connectivity index (χ1) is 12.8. The molecule has 0 spiro atoms. The molecule has 28 heavy (non-hydrogen) atoms. The number of guanidine groups is 1. The predicted molar refractivity (Wildman–Crippen MR) is 118 cm³/mol. The molecule has 1 aliphatic heterocycles. The molecule has 0 amide bonds. The van der Waals surface area contributed by atoms with E-state index in [-0.39, 0.29) is 35.3 Å². The van der Waals surface area contributed by atoms with Crippen molar-refractivity contribution in [1.82, 2.24) is 15.5 Å². The molecule has 0 saturated carbocycles. The Morgan fingerprint density at radius 2 is 1.96 bits per heavy atom. The van der Waals surface area contributed by atoms with Gasteiger partial charge in [-0.1, -0.05) is 17.7 Å². The third kappa shape index (κ3) is 7.67. The summed E-state index contributed by atoms with van der Waals surface area (Å²) in [6, 6.07) is 5.14. The SMILES string of the molecule is CN=C(NCc1cc(C)ccc1OC(F)F)NCC(C)(C)N1CCOCC1.I. The molecule has 6 nitrogen and oxygen atoms in total. The summed E-state index contributed by atoms with van der Waals surface area (Å²) in [5.41, 5.74) is 1.57. The second kappa shape index (κ2) is 11.7. The molecule has 9 heteroatoms. The number of nitrogens with one attached hydrogen (secondary N) is 2. The molecule has 160 valence electrons. The number of benzene rings is 1. The van der Waals surface area contributed by atoms with Crippen LogP contribution >= 0.6 is 24.0 Å². The molecule has 2 N–H and O–H groups in total. The van der Waals surface area contributed by atoms with E-state index in [9.17, 15) is 8.78 Å². The monoisotopic (exact) mass is 512 g/mol. The summed E-state index contributed by atoms with van der Waals surface area (Å²) in [5, 5.41) is 6.49. The fourth-order valence-electron chi connectivity index (χ4n) is 3.04. The van der Waals surface area contributed by atoms with Crippen LogP contribution in [-0.2, 0) is 11.3 Å². The predicted octanol–water partition coefficient (Wildman–Crippen LogP) is 2.99. The smallest absolute Gasteiger partial charge is 0.387 e. The number of halogens is 3. The average Bonchev–Trinajstić information content (AvgIpc) is 2.64. The third-order valence-electron chi connectivity index (χ3n) is 4.66. The van der Waals surface area contributed by atoms with E-state index in [0.29, 0.717) is 24.6 Å². The van der Waals surface area contributed by atoms with Crippen molar-refractivity contribution >= 4 is 29.9 Å². The lowest BCUT2D eigenvalue weighted by atomic mass is 10.0. The molecule has 0 unspecified atom stereocenters. The van der Waals surface area contributed by atoms with Crippen LogP contribution in [0.5, 0.6) is 5.75 Å². The molecule has 0 bridgehead atoms. The summed E-state index contributed by atoms with van der Waals surface area (Å²) in [4.78, 5) is 6.61. The van der Waals surface area contributed by atoms with Crippen LogP contribution in [0.2, 0.25) is 0 Å². The van der Waals surface area contributed by atoms with Gasteiger partial charge in [-0.2, -0.15) is 8.78 Å². The van der Waals surface area contributed by atoms with Crippen molar-refractivity contribution in [2.75, 3.05) is 39.9 Å². The molecule has 2 rings (SSSR count). The van der Waals surface area contributed by atoms with Gasteiger partial charge in [-0.15, -0.1) is 24.0 Å². The molecule has 0 radical (unpaired) electrons. The Bertz CT molecular complexity index is 638. The number of aliphatic imine (C=N–C) groups is 1. The van der Waals surface area contributed by atoms with E-state index in [1.807, 2.05) is 13.0 Å². The van der Waals surface area contributed by atoms with Crippen molar-refractivity contribution in [2.45, 2.75) is 39.5 Å². The van der Waals surface area contributed by atoms with Crippen LogP contribution in [0.4, 0.5) is 8.78 Å². The van der Waals surface area contributed by atoms with Gasteiger partial charge in [0.2, 0.25) is 0 Å². The largest absolute Gasteiger partial charge is 0.434 e. The first-order valence-electron chi connectivity index (χ1n) is 9.13. The maximum atomic E-state index is 12.6. The minimum absolute atomic E-state index is 0. The highest BCUT2D eigenvalue weighted by atomic mass is 127. The number of alkyl halides is 2. The lowest BCUT2D eigenvalue weighted by molar-refractivity contribution is -0.0504. The van der Waals surface area contributed by atoms with Crippen molar-refractivity contribution < 1.29 is 18.3 Å². The Hall–Kier alpha value is -1.20. The molecule has 1 aliphatic rings. The number of ether oxygens (including phenoxy) is 2. The summed E-state index contributed by atoms with van der Waals surface area (Å²) < 4.78 is 35.2.